The molecular formula is C19H14Cl2N4O5S. The van der Waals surface area contributed by atoms with Crippen molar-refractivity contribution in [1.29, 1.82) is 0 Å². The lowest BCUT2D eigenvalue weighted by molar-refractivity contribution is -0.385. The molecule has 3 aromatic carbocycles. The molecule has 3 aromatic rings. The van der Waals surface area contributed by atoms with Crippen LogP contribution in [0.5, 0.6) is 0 Å². The van der Waals surface area contributed by atoms with Crippen LogP contribution in [0.1, 0.15) is 0 Å². The molecule has 0 aromatic heterocycles. The zero-order valence-electron chi connectivity index (χ0n) is 15.5. The molecule has 0 radical (unpaired) electrons. The van der Waals surface area contributed by atoms with E-state index in [1.165, 1.54) is 42.5 Å². The van der Waals surface area contributed by atoms with Gasteiger partial charge in [0.15, 0.2) is 0 Å². The minimum Gasteiger partial charge on any atom is -0.306 e. The maximum Gasteiger partial charge on any atom is 0.323 e. The predicted octanol–water partition coefficient (Wildman–Crippen LogP) is 5.35. The number of hydrogen-bond donors (Lipinski definition) is 3. The summed E-state index contributed by atoms with van der Waals surface area (Å²) < 4.78 is 27.7. The lowest BCUT2D eigenvalue weighted by Crippen LogP contribution is -2.21. The van der Waals surface area contributed by atoms with Gasteiger partial charge >= 0.3 is 6.03 Å². The van der Waals surface area contributed by atoms with E-state index in [4.69, 9.17) is 23.2 Å². The molecule has 0 unspecified atom stereocenters. The van der Waals surface area contributed by atoms with Crippen LogP contribution in [0.25, 0.3) is 0 Å². The fourth-order valence-electron chi connectivity index (χ4n) is 2.52. The average Bonchev–Trinajstić information content (AvgIpc) is 2.71. The number of carbonyl (C=O) groups excluding carboxylic acids is 1. The molecule has 0 aliphatic rings. The Morgan fingerprint density at radius 1 is 0.871 bits per heavy atom. The maximum atomic E-state index is 12.7. The van der Waals surface area contributed by atoms with Crippen molar-refractivity contribution in [3.8, 4) is 0 Å². The van der Waals surface area contributed by atoms with Crippen LogP contribution in [-0.4, -0.2) is 19.4 Å². The molecule has 160 valence electrons. The number of anilines is 3. The highest BCUT2D eigenvalue weighted by atomic mass is 35.5. The maximum absolute atomic E-state index is 12.7. The minimum absolute atomic E-state index is 0.0614. The summed E-state index contributed by atoms with van der Waals surface area (Å²) in [6.07, 6.45) is 0. The summed E-state index contributed by atoms with van der Waals surface area (Å²) in [7, 11) is -4.16. The van der Waals surface area contributed by atoms with Gasteiger partial charge in [-0.1, -0.05) is 41.4 Å². The number of nitrogens with zero attached hydrogens (tertiary/aromatic N) is 1. The number of nitro benzene ring substituents is 1. The van der Waals surface area contributed by atoms with Crippen molar-refractivity contribution in [2.45, 2.75) is 4.90 Å². The van der Waals surface area contributed by atoms with Crippen molar-refractivity contribution >= 4 is 62.0 Å². The van der Waals surface area contributed by atoms with E-state index < -0.39 is 21.0 Å². The first kappa shape index (κ1) is 22.3. The molecule has 0 heterocycles. The second kappa shape index (κ2) is 9.21. The second-order valence-electron chi connectivity index (χ2n) is 6.11. The summed E-state index contributed by atoms with van der Waals surface area (Å²) in [4.78, 5) is 22.3. The van der Waals surface area contributed by atoms with Gasteiger partial charge in [0.1, 0.15) is 0 Å². The molecule has 0 saturated heterocycles. The number of nitrogens with one attached hydrogen (secondary N) is 3. The molecule has 0 saturated carbocycles. The van der Waals surface area contributed by atoms with E-state index in [-0.39, 0.29) is 27.0 Å². The summed E-state index contributed by atoms with van der Waals surface area (Å²) in [5.41, 5.74) is 0.150. The summed E-state index contributed by atoms with van der Waals surface area (Å²) in [6, 6.07) is 14.5. The zero-order valence-corrected chi connectivity index (χ0v) is 17.8. The number of hydrogen-bond acceptors (Lipinski definition) is 5. The van der Waals surface area contributed by atoms with E-state index in [0.717, 1.165) is 6.07 Å². The van der Waals surface area contributed by atoms with Gasteiger partial charge in [0.05, 0.1) is 31.9 Å². The molecule has 2 amide bonds. The second-order valence-corrected chi connectivity index (χ2v) is 8.63. The first-order chi connectivity index (χ1) is 14.7. The van der Waals surface area contributed by atoms with Gasteiger partial charge in [0, 0.05) is 17.2 Å². The minimum atomic E-state index is -4.16. The highest BCUT2D eigenvalue weighted by Crippen LogP contribution is 2.28. The van der Waals surface area contributed by atoms with Crippen molar-refractivity contribution in [2.24, 2.45) is 0 Å². The zero-order chi connectivity index (χ0) is 22.6. The number of sulfonamides is 1. The van der Waals surface area contributed by atoms with Gasteiger partial charge in [0.25, 0.3) is 15.7 Å². The highest BCUT2D eigenvalue weighted by molar-refractivity contribution is 7.92. The molecule has 9 nitrogen and oxygen atoms in total. The molecule has 0 aliphatic carbocycles. The van der Waals surface area contributed by atoms with Gasteiger partial charge in [0.2, 0.25) is 0 Å². The van der Waals surface area contributed by atoms with E-state index in [1.54, 1.807) is 18.2 Å². The normalized spacial score (nSPS) is 10.9. The van der Waals surface area contributed by atoms with Crippen LogP contribution >= 0.6 is 23.2 Å². The van der Waals surface area contributed by atoms with Crippen molar-refractivity contribution in [3.63, 3.8) is 0 Å². The average molecular weight is 481 g/mol. The number of carbonyl (C=O) groups is 1. The van der Waals surface area contributed by atoms with Gasteiger partial charge in [-0.05, 0) is 36.4 Å². The predicted molar refractivity (Wildman–Crippen MR) is 119 cm³/mol. The number of halogens is 2. The SMILES string of the molecule is O=C(Nc1ccc(Cl)cc1Cl)Nc1ccccc1NS(=O)(=O)c1cccc([N+](=O)[O-])c1. The van der Waals surface area contributed by atoms with Crippen LogP contribution in [0.2, 0.25) is 10.0 Å². The van der Waals surface area contributed by atoms with E-state index in [1.807, 2.05) is 0 Å². The third-order valence-electron chi connectivity index (χ3n) is 3.94. The number of rotatable bonds is 6. The Hall–Kier alpha value is -3.34. The van der Waals surface area contributed by atoms with Crippen LogP contribution in [0.3, 0.4) is 0 Å². The first-order valence-electron chi connectivity index (χ1n) is 8.55. The Labute approximate surface area is 187 Å². The fraction of sp³-hybridized carbons (Fsp3) is 0. The third kappa shape index (κ3) is 5.63. The van der Waals surface area contributed by atoms with Crippen molar-refractivity contribution < 1.29 is 18.1 Å². The third-order valence-corrected chi connectivity index (χ3v) is 5.85. The summed E-state index contributed by atoms with van der Waals surface area (Å²) >= 11 is 11.9. The molecule has 0 bridgehead atoms. The van der Waals surface area contributed by atoms with Crippen LogP contribution in [0, 0.1) is 10.1 Å². The Kier molecular flexibility index (Phi) is 6.64. The highest BCUT2D eigenvalue weighted by Gasteiger charge is 2.19. The standard InChI is InChI=1S/C19H14Cl2N4O5S/c20-12-8-9-16(15(21)10-12)22-19(26)23-17-6-1-2-7-18(17)24-31(29,30)14-5-3-4-13(11-14)25(27)28/h1-11,24H,(H2,22,23,26). The van der Waals surface area contributed by atoms with E-state index in [9.17, 15) is 23.3 Å². The number of nitro groups is 1. The number of urea groups is 1. The number of non-ortho nitro benzene ring substituents is 1. The number of para-hydroxylation sites is 2. The Bertz CT molecular complexity index is 1270. The molecule has 0 aliphatic heterocycles. The van der Waals surface area contributed by atoms with Crippen LogP contribution in [0.4, 0.5) is 27.5 Å². The quantitative estimate of drug-likeness (QED) is 0.323. The Morgan fingerprint density at radius 3 is 2.23 bits per heavy atom. The van der Waals surface area contributed by atoms with Gasteiger partial charge in [-0.2, -0.15) is 0 Å². The van der Waals surface area contributed by atoms with Crippen LogP contribution in [0.15, 0.2) is 71.6 Å². The Balaban J connectivity index is 1.81. The monoisotopic (exact) mass is 480 g/mol. The lowest BCUT2D eigenvalue weighted by atomic mass is 10.3. The molecule has 0 atom stereocenters. The van der Waals surface area contributed by atoms with Crippen molar-refractivity contribution in [2.75, 3.05) is 15.4 Å². The van der Waals surface area contributed by atoms with Crippen LogP contribution < -0.4 is 15.4 Å². The van der Waals surface area contributed by atoms with Gasteiger partial charge in [-0.3, -0.25) is 14.8 Å². The largest absolute Gasteiger partial charge is 0.323 e. The molecule has 0 spiro atoms. The summed E-state index contributed by atoms with van der Waals surface area (Å²) in [6.45, 7) is 0. The van der Waals surface area contributed by atoms with Crippen LogP contribution in [-0.2, 0) is 10.0 Å². The van der Waals surface area contributed by atoms with Gasteiger partial charge in [-0.15, -0.1) is 0 Å². The smallest absolute Gasteiger partial charge is 0.306 e. The van der Waals surface area contributed by atoms with Crippen molar-refractivity contribution in [3.05, 3.63) is 86.9 Å². The summed E-state index contributed by atoms with van der Waals surface area (Å²) in [5.74, 6) is 0. The molecule has 0 fully saturated rings. The topological polar surface area (TPSA) is 130 Å². The molecule has 3 N–H and O–H groups in total. The number of benzene rings is 3. The van der Waals surface area contributed by atoms with E-state index in [2.05, 4.69) is 15.4 Å². The van der Waals surface area contributed by atoms with E-state index in [0.29, 0.717) is 10.7 Å². The lowest BCUT2D eigenvalue weighted by Gasteiger charge is -2.14. The van der Waals surface area contributed by atoms with Crippen molar-refractivity contribution in [1.82, 2.24) is 0 Å². The molecule has 31 heavy (non-hydrogen) atoms. The van der Waals surface area contributed by atoms with Gasteiger partial charge < -0.3 is 10.6 Å². The molecular weight excluding hydrogens is 467 g/mol. The molecule has 3 rings (SSSR count). The number of amides is 2. The fourth-order valence-corrected chi connectivity index (χ4v) is 4.09. The van der Waals surface area contributed by atoms with E-state index >= 15 is 0 Å². The summed E-state index contributed by atoms with van der Waals surface area (Å²) in [5, 5.41) is 16.6. The Morgan fingerprint density at radius 2 is 1.55 bits per heavy atom. The van der Waals surface area contributed by atoms with Gasteiger partial charge in [-0.25, -0.2) is 13.2 Å². The molecule has 12 heteroatoms. The first-order valence-corrected chi connectivity index (χ1v) is 10.8.